The molecular formula is C11H8BrF3O3. The standard InChI is InChI=1S/C11H8BrF3O3/c1-2-18-8(17)4-7(16)5-3-6(13)11(15)9(12)10(5)14/h3H,2,4H2,1H3. The maximum Gasteiger partial charge on any atom is 0.313 e. The van der Waals surface area contributed by atoms with Gasteiger partial charge in [-0.1, -0.05) is 0 Å². The molecular weight excluding hydrogens is 317 g/mol. The summed E-state index contributed by atoms with van der Waals surface area (Å²) in [5, 5.41) is 0. The zero-order valence-electron chi connectivity index (χ0n) is 9.23. The fraction of sp³-hybridized carbons (Fsp3) is 0.273. The smallest absolute Gasteiger partial charge is 0.313 e. The molecule has 0 bridgehead atoms. The molecule has 0 heterocycles. The Morgan fingerprint density at radius 3 is 2.44 bits per heavy atom. The van der Waals surface area contributed by atoms with Crippen LogP contribution in [-0.4, -0.2) is 18.4 Å². The SMILES string of the molecule is CCOC(=O)CC(=O)c1cc(F)c(F)c(Br)c1F. The summed E-state index contributed by atoms with van der Waals surface area (Å²) in [4.78, 5) is 22.5. The minimum Gasteiger partial charge on any atom is -0.466 e. The van der Waals surface area contributed by atoms with Gasteiger partial charge in [0, 0.05) is 0 Å². The average molecular weight is 325 g/mol. The summed E-state index contributed by atoms with van der Waals surface area (Å²) >= 11 is 2.49. The van der Waals surface area contributed by atoms with Gasteiger partial charge in [0.1, 0.15) is 6.42 Å². The number of hydrogen-bond donors (Lipinski definition) is 0. The van der Waals surface area contributed by atoms with Crippen molar-refractivity contribution in [2.45, 2.75) is 13.3 Å². The fourth-order valence-corrected chi connectivity index (χ4v) is 1.62. The molecule has 0 aliphatic heterocycles. The largest absolute Gasteiger partial charge is 0.466 e. The summed E-state index contributed by atoms with van der Waals surface area (Å²) in [6.07, 6.45) is -0.734. The number of ether oxygens (including phenoxy) is 1. The molecule has 0 aliphatic rings. The highest BCUT2D eigenvalue weighted by molar-refractivity contribution is 9.10. The number of benzene rings is 1. The van der Waals surface area contributed by atoms with Crippen LogP contribution in [0.4, 0.5) is 13.2 Å². The molecule has 1 aromatic rings. The number of halogens is 4. The first-order chi connectivity index (χ1) is 8.38. The Hall–Kier alpha value is -1.37. The van der Waals surface area contributed by atoms with Crippen LogP contribution in [0.15, 0.2) is 10.5 Å². The molecule has 0 fully saturated rings. The van der Waals surface area contributed by atoms with Crippen LogP contribution in [0.2, 0.25) is 0 Å². The Bertz CT molecular complexity index is 503. The van der Waals surface area contributed by atoms with Gasteiger partial charge in [-0.05, 0) is 28.9 Å². The highest BCUT2D eigenvalue weighted by Gasteiger charge is 2.23. The number of carbonyl (C=O) groups excluding carboxylic acids is 2. The number of rotatable bonds is 4. The number of esters is 1. The van der Waals surface area contributed by atoms with Crippen molar-refractivity contribution in [1.82, 2.24) is 0 Å². The van der Waals surface area contributed by atoms with Gasteiger partial charge in [0.15, 0.2) is 23.2 Å². The van der Waals surface area contributed by atoms with E-state index in [2.05, 4.69) is 20.7 Å². The van der Waals surface area contributed by atoms with Crippen molar-refractivity contribution in [3.05, 3.63) is 33.6 Å². The Morgan fingerprint density at radius 1 is 1.28 bits per heavy atom. The van der Waals surface area contributed by atoms with Crippen LogP contribution in [0.25, 0.3) is 0 Å². The zero-order chi connectivity index (χ0) is 13.9. The van der Waals surface area contributed by atoms with Crippen LogP contribution in [0.5, 0.6) is 0 Å². The third-order valence-corrected chi connectivity index (χ3v) is 2.71. The first-order valence-corrected chi connectivity index (χ1v) is 5.69. The lowest BCUT2D eigenvalue weighted by molar-refractivity contribution is -0.141. The summed E-state index contributed by atoms with van der Waals surface area (Å²) in [5.41, 5.74) is -0.700. The second-order valence-electron chi connectivity index (χ2n) is 3.25. The maximum atomic E-state index is 13.5. The quantitative estimate of drug-likeness (QED) is 0.281. The number of Topliss-reactive ketones (excluding diaryl/α,β-unsaturated/α-hetero) is 1. The van der Waals surface area contributed by atoms with Gasteiger partial charge in [-0.2, -0.15) is 0 Å². The van der Waals surface area contributed by atoms with Crippen LogP contribution in [0.1, 0.15) is 23.7 Å². The van der Waals surface area contributed by atoms with Gasteiger partial charge in [-0.3, -0.25) is 9.59 Å². The Kier molecular flexibility index (Phi) is 4.89. The molecule has 98 valence electrons. The lowest BCUT2D eigenvalue weighted by Gasteiger charge is -2.06. The molecule has 1 rings (SSSR count). The van der Waals surface area contributed by atoms with Gasteiger partial charge in [0.05, 0.1) is 16.6 Å². The van der Waals surface area contributed by atoms with Crippen molar-refractivity contribution in [1.29, 1.82) is 0 Å². The topological polar surface area (TPSA) is 43.4 Å². The predicted octanol–water partition coefficient (Wildman–Crippen LogP) is 3.00. The Morgan fingerprint density at radius 2 is 1.89 bits per heavy atom. The van der Waals surface area contributed by atoms with E-state index in [1.807, 2.05) is 0 Å². The van der Waals surface area contributed by atoms with Gasteiger partial charge in [0.2, 0.25) is 0 Å². The summed E-state index contributed by atoms with van der Waals surface area (Å²) in [7, 11) is 0. The second kappa shape index (κ2) is 5.99. The van der Waals surface area contributed by atoms with E-state index in [0.29, 0.717) is 6.07 Å². The number of hydrogen-bond acceptors (Lipinski definition) is 3. The molecule has 0 atom stereocenters. The summed E-state index contributed by atoms with van der Waals surface area (Å²) in [6, 6.07) is 0.414. The molecule has 0 radical (unpaired) electrons. The summed E-state index contributed by atoms with van der Waals surface area (Å²) < 4.78 is 43.2. The monoisotopic (exact) mass is 324 g/mol. The fourth-order valence-electron chi connectivity index (χ4n) is 1.21. The molecule has 0 aromatic heterocycles. The zero-order valence-corrected chi connectivity index (χ0v) is 10.8. The van der Waals surface area contributed by atoms with E-state index in [4.69, 9.17) is 0 Å². The molecule has 7 heteroatoms. The van der Waals surface area contributed by atoms with Crippen molar-refractivity contribution < 1.29 is 27.5 Å². The highest BCUT2D eigenvalue weighted by atomic mass is 79.9. The van der Waals surface area contributed by atoms with Crippen molar-refractivity contribution >= 4 is 27.7 Å². The molecule has 1 aromatic carbocycles. The molecule has 0 saturated heterocycles. The van der Waals surface area contributed by atoms with Crippen LogP contribution in [0.3, 0.4) is 0 Å². The van der Waals surface area contributed by atoms with Crippen LogP contribution < -0.4 is 0 Å². The predicted molar refractivity (Wildman–Crippen MR) is 59.6 cm³/mol. The van der Waals surface area contributed by atoms with E-state index in [0.717, 1.165) is 0 Å². The summed E-state index contributed by atoms with van der Waals surface area (Å²) in [5.74, 6) is -5.90. The normalized spacial score (nSPS) is 10.3. The molecule has 0 aliphatic carbocycles. The molecule has 0 amide bonds. The van der Waals surface area contributed by atoms with Crippen LogP contribution in [0, 0.1) is 17.5 Å². The maximum absolute atomic E-state index is 13.5. The van der Waals surface area contributed by atoms with Crippen molar-refractivity contribution in [3.63, 3.8) is 0 Å². The lowest BCUT2D eigenvalue weighted by Crippen LogP contribution is -2.13. The first kappa shape index (κ1) is 14.7. The van der Waals surface area contributed by atoms with Gasteiger partial charge < -0.3 is 4.74 Å². The number of carbonyl (C=O) groups is 2. The minimum absolute atomic E-state index is 0.0655. The Balaban J connectivity index is 3.04. The third-order valence-electron chi connectivity index (χ3n) is 2.01. The van der Waals surface area contributed by atoms with Gasteiger partial charge >= 0.3 is 5.97 Å². The van der Waals surface area contributed by atoms with Gasteiger partial charge in [-0.25, -0.2) is 13.2 Å². The van der Waals surface area contributed by atoms with Crippen LogP contribution >= 0.6 is 15.9 Å². The molecule has 18 heavy (non-hydrogen) atoms. The van der Waals surface area contributed by atoms with Gasteiger partial charge in [-0.15, -0.1) is 0 Å². The summed E-state index contributed by atoms with van der Waals surface area (Å²) in [6.45, 7) is 1.60. The van der Waals surface area contributed by atoms with E-state index in [-0.39, 0.29) is 6.61 Å². The molecule has 0 unspecified atom stereocenters. The van der Waals surface area contributed by atoms with E-state index in [9.17, 15) is 22.8 Å². The minimum atomic E-state index is -1.43. The van der Waals surface area contributed by atoms with E-state index in [1.54, 1.807) is 0 Å². The van der Waals surface area contributed by atoms with Gasteiger partial charge in [0.25, 0.3) is 0 Å². The molecule has 0 spiro atoms. The third kappa shape index (κ3) is 3.10. The lowest BCUT2D eigenvalue weighted by atomic mass is 10.1. The second-order valence-corrected chi connectivity index (χ2v) is 4.05. The van der Waals surface area contributed by atoms with E-state index < -0.39 is 45.7 Å². The van der Waals surface area contributed by atoms with E-state index in [1.165, 1.54) is 6.92 Å². The van der Waals surface area contributed by atoms with Crippen molar-refractivity contribution in [2.24, 2.45) is 0 Å². The number of ketones is 1. The average Bonchev–Trinajstić information content (AvgIpc) is 2.31. The highest BCUT2D eigenvalue weighted by Crippen LogP contribution is 2.26. The molecule has 0 saturated carbocycles. The Labute approximate surface area is 109 Å². The molecule has 0 N–H and O–H groups in total. The first-order valence-electron chi connectivity index (χ1n) is 4.90. The van der Waals surface area contributed by atoms with Crippen molar-refractivity contribution in [3.8, 4) is 0 Å². The molecule has 3 nitrogen and oxygen atoms in total. The van der Waals surface area contributed by atoms with Crippen LogP contribution in [-0.2, 0) is 9.53 Å². The van der Waals surface area contributed by atoms with Crippen molar-refractivity contribution in [2.75, 3.05) is 6.61 Å². The van der Waals surface area contributed by atoms with E-state index >= 15 is 0 Å².